The summed E-state index contributed by atoms with van der Waals surface area (Å²) in [5.41, 5.74) is 4.76. The third-order valence-electron chi connectivity index (χ3n) is 6.14. The molecule has 0 aliphatic carbocycles. The highest BCUT2D eigenvalue weighted by atomic mass is 32.1. The van der Waals surface area contributed by atoms with Gasteiger partial charge in [0.05, 0.1) is 18.7 Å². The van der Waals surface area contributed by atoms with Gasteiger partial charge < -0.3 is 10.1 Å². The summed E-state index contributed by atoms with van der Waals surface area (Å²) in [6.07, 6.45) is 3.95. The predicted molar refractivity (Wildman–Crippen MR) is 153 cm³/mol. The fourth-order valence-electron chi connectivity index (χ4n) is 4.26. The number of nitrogens with one attached hydrogen (secondary N) is 1. The van der Waals surface area contributed by atoms with Crippen molar-refractivity contribution in [2.75, 3.05) is 6.61 Å². The number of hydrogen-bond donors (Lipinski definition) is 1. The van der Waals surface area contributed by atoms with Crippen molar-refractivity contribution in [2.45, 2.75) is 32.7 Å². The van der Waals surface area contributed by atoms with Crippen molar-refractivity contribution < 1.29 is 14.3 Å². The SMILES string of the molecule is CCOC(=O)C(Cc1csc2ccccc12)NC(=O)Cc1sc(-c2cccnc2)nc1-c1ccc(C)cc1. The summed E-state index contributed by atoms with van der Waals surface area (Å²) in [6.45, 7) is 4.05. The Bertz CT molecular complexity index is 1560. The highest BCUT2D eigenvalue weighted by molar-refractivity contribution is 7.17. The van der Waals surface area contributed by atoms with Gasteiger partial charge in [-0.05, 0) is 48.4 Å². The molecule has 3 heterocycles. The Morgan fingerprint density at radius 2 is 1.84 bits per heavy atom. The van der Waals surface area contributed by atoms with Crippen LogP contribution in [0.5, 0.6) is 0 Å². The second kappa shape index (κ2) is 11.7. The molecule has 5 rings (SSSR count). The Labute approximate surface area is 229 Å². The van der Waals surface area contributed by atoms with Crippen LogP contribution in [0, 0.1) is 6.92 Å². The van der Waals surface area contributed by atoms with Crippen LogP contribution >= 0.6 is 22.7 Å². The number of aromatic nitrogens is 2. The molecule has 0 fully saturated rings. The third-order valence-corrected chi connectivity index (χ3v) is 8.26. The van der Waals surface area contributed by atoms with Crippen LogP contribution in [-0.2, 0) is 27.2 Å². The van der Waals surface area contributed by atoms with E-state index in [0.29, 0.717) is 6.42 Å². The van der Waals surface area contributed by atoms with Crippen LogP contribution < -0.4 is 5.32 Å². The number of carbonyl (C=O) groups is 2. The zero-order valence-corrected chi connectivity index (χ0v) is 22.8. The molecule has 1 N–H and O–H groups in total. The fraction of sp³-hybridized carbons (Fsp3) is 0.200. The van der Waals surface area contributed by atoms with E-state index in [-0.39, 0.29) is 18.9 Å². The third kappa shape index (κ3) is 5.82. The second-order valence-electron chi connectivity index (χ2n) is 8.91. The molecule has 1 unspecified atom stereocenters. The molecule has 1 amide bonds. The van der Waals surface area contributed by atoms with E-state index in [0.717, 1.165) is 47.9 Å². The summed E-state index contributed by atoms with van der Waals surface area (Å²) in [6, 6.07) is 19.2. The van der Waals surface area contributed by atoms with Crippen molar-refractivity contribution in [2.24, 2.45) is 0 Å². The molecule has 3 aromatic heterocycles. The maximum Gasteiger partial charge on any atom is 0.328 e. The lowest BCUT2D eigenvalue weighted by Gasteiger charge is -2.17. The molecule has 0 saturated carbocycles. The van der Waals surface area contributed by atoms with Crippen molar-refractivity contribution in [1.29, 1.82) is 0 Å². The minimum atomic E-state index is -0.783. The summed E-state index contributed by atoms with van der Waals surface area (Å²) < 4.78 is 6.46. The first-order valence-corrected chi connectivity index (χ1v) is 14.1. The molecule has 0 aliphatic heterocycles. The van der Waals surface area contributed by atoms with Gasteiger partial charge in [-0.3, -0.25) is 9.78 Å². The van der Waals surface area contributed by atoms with Gasteiger partial charge in [-0.25, -0.2) is 9.78 Å². The number of thiophene rings is 1. The van der Waals surface area contributed by atoms with E-state index in [4.69, 9.17) is 9.72 Å². The summed E-state index contributed by atoms with van der Waals surface area (Å²) in [5, 5.41) is 6.87. The van der Waals surface area contributed by atoms with Crippen LogP contribution in [0.3, 0.4) is 0 Å². The van der Waals surface area contributed by atoms with Gasteiger partial charge in [0, 0.05) is 39.5 Å². The van der Waals surface area contributed by atoms with E-state index in [2.05, 4.69) is 16.4 Å². The monoisotopic (exact) mass is 541 g/mol. The molecule has 38 heavy (non-hydrogen) atoms. The van der Waals surface area contributed by atoms with E-state index in [1.807, 2.05) is 66.9 Å². The maximum absolute atomic E-state index is 13.4. The highest BCUT2D eigenvalue weighted by Crippen LogP contribution is 2.34. The van der Waals surface area contributed by atoms with E-state index in [1.165, 1.54) is 11.3 Å². The number of amides is 1. The molecular formula is C30H27N3O3S2. The average molecular weight is 542 g/mol. The van der Waals surface area contributed by atoms with Crippen LogP contribution in [-0.4, -0.2) is 34.5 Å². The zero-order chi connectivity index (χ0) is 26.5. The Hall–Kier alpha value is -3.88. The van der Waals surface area contributed by atoms with Gasteiger partial charge in [0.15, 0.2) is 0 Å². The number of hydrogen-bond acceptors (Lipinski definition) is 7. The van der Waals surface area contributed by atoms with Crippen LogP contribution in [0.15, 0.2) is 78.4 Å². The first kappa shape index (κ1) is 25.8. The molecule has 0 spiro atoms. The van der Waals surface area contributed by atoms with E-state index < -0.39 is 12.0 Å². The smallest absolute Gasteiger partial charge is 0.328 e. The number of pyridine rings is 1. The Morgan fingerprint density at radius 3 is 2.61 bits per heavy atom. The first-order valence-electron chi connectivity index (χ1n) is 12.4. The average Bonchev–Trinajstić information content (AvgIpc) is 3.54. The molecule has 0 aliphatic rings. The zero-order valence-electron chi connectivity index (χ0n) is 21.1. The molecule has 6 nitrogen and oxygen atoms in total. The van der Waals surface area contributed by atoms with Crippen LogP contribution in [0.1, 0.15) is 22.9 Å². The number of nitrogens with zero attached hydrogens (tertiary/aromatic N) is 2. The van der Waals surface area contributed by atoms with Gasteiger partial charge >= 0.3 is 5.97 Å². The normalized spacial score (nSPS) is 11.8. The van der Waals surface area contributed by atoms with E-state index in [1.54, 1.807) is 30.7 Å². The molecule has 0 bridgehead atoms. The lowest BCUT2D eigenvalue weighted by Crippen LogP contribution is -2.44. The summed E-state index contributed by atoms with van der Waals surface area (Å²) in [4.78, 5) is 36.1. The van der Waals surface area contributed by atoms with Gasteiger partial charge in [0.25, 0.3) is 0 Å². The minimum Gasteiger partial charge on any atom is -0.464 e. The van der Waals surface area contributed by atoms with Crippen molar-refractivity contribution in [3.63, 3.8) is 0 Å². The molecule has 192 valence electrons. The van der Waals surface area contributed by atoms with Crippen molar-refractivity contribution in [1.82, 2.24) is 15.3 Å². The lowest BCUT2D eigenvalue weighted by atomic mass is 10.0. The van der Waals surface area contributed by atoms with Crippen molar-refractivity contribution >= 4 is 44.6 Å². The first-order chi connectivity index (χ1) is 18.5. The minimum absolute atomic E-state index is 0.0986. The summed E-state index contributed by atoms with van der Waals surface area (Å²) in [7, 11) is 0. The number of rotatable bonds is 9. The number of ether oxygens (including phenoxy) is 1. The number of fused-ring (bicyclic) bond motifs is 1. The second-order valence-corrected chi connectivity index (χ2v) is 10.9. The van der Waals surface area contributed by atoms with E-state index in [9.17, 15) is 9.59 Å². The van der Waals surface area contributed by atoms with Crippen LogP contribution in [0.2, 0.25) is 0 Å². The van der Waals surface area contributed by atoms with Gasteiger partial charge in [-0.1, -0.05) is 48.0 Å². The molecule has 1 atom stereocenters. The summed E-state index contributed by atoms with van der Waals surface area (Å²) >= 11 is 3.09. The molecular weight excluding hydrogens is 514 g/mol. The number of benzene rings is 2. The predicted octanol–water partition coefficient (Wildman–Crippen LogP) is 6.23. The number of aryl methyl sites for hydroxylation is 1. The quantitative estimate of drug-likeness (QED) is 0.224. The van der Waals surface area contributed by atoms with Gasteiger partial charge in [-0.15, -0.1) is 22.7 Å². The van der Waals surface area contributed by atoms with Crippen molar-refractivity contribution in [3.05, 3.63) is 94.4 Å². The molecule has 8 heteroatoms. The maximum atomic E-state index is 13.4. The van der Waals surface area contributed by atoms with E-state index >= 15 is 0 Å². The fourth-order valence-corrected chi connectivity index (χ4v) is 6.31. The topological polar surface area (TPSA) is 81.2 Å². The Kier molecular flexibility index (Phi) is 7.91. The van der Waals surface area contributed by atoms with Gasteiger partial charge in [0.1, 0.15) is 11.0 Å². The Morgan fingerprint density at radius 1 is 1.03 bits per heavy atom. The number of esters is 1. The van der Waals surface area contributed by atoms with Crippen LogP contribution in [0.25, 0.3) is 31.9 Å². The molecule has 0 radical (unpaired) electrons. The van der Waals surface area contributed by atoms with Gasteiger partial charge in [0.2, 0.25) is 5.91 Å². The lowest BCUT2D eigenvalue weighted by molar-refractivity contribution is -0.147. The standard InChI is InChI=1S/C30H27N3O3S2/c1-3-36-30(35)24(15-22-18-37-25-9-5-4-8-23(22)25)32-27(34)16-26-28(20-12-10-19(2)11-13-20)33-29(38-26)21-7-6-14-31-17-21/h4-14,17-18,24H,3,15-16H2,1-2H3,(H,32,34). The number of thiazole rings is 1. The molecule has 0 saturated heterocycles. The molecule has 2 aromatic carbocycles. The molecule has 5 aromatic rings. The van der Waals surface area contributed by atoms with Crippen LogP contribution in [0.4, 0.5) is 0 Å². The summed E-state index contributed by atoms with van der Waals surface area (Å²) in [5.74, 6) is -0.687. The highest BCUT2D eigenvalue weighted by Gasteiger charge is 2.25. The largest absolute Gasteiger partial charge is 0.464 e. The number of carbonyl (C=O) groups excluding carboxylic acids is 2. The van der Waals surface area contributed by atoms with Gasteiger partial charge in [-0.2, -0.15) is 0 Å². The Balaban J connectivity index is 1.41. The van der Waals surface area contributed by atoms with Crippen molar-refractivity contribution in [3.8, 4) is 21.8 Å².